The summed E-state index contributed by atoms with van der Waals surface area (Å²) in [4.78, 5) is 37.3. The van der Waals surface area contributed by atoms with Gasteiger partial charge in [-0.3, -0.25) is 23.5 Å². The van der Waals surface area contributed by atoms with E-state index in [4.69, 9.17) is 4.74 Å². The van der Waals surface area contributed by atoms with Gasteiger partial charge in [0, 0.05) is 24.1 Å². The lowest BCUT2D eigenvalue weighted by molar-refractivity contribution is -0.116. The molecule has 3 rings (SSSR count). The summed E-state index contributed by atoms with van der Waals surface area (Å²) in [6.45, 7) is 3.56. The van der Waals surface area contributed by atoms with Crippen LogP contribution in [-0.2, 0) is 11.3 Å². The van der Waals surface area contributed by atoms with Crippen LogP contribution in [0.4, 0.5) is 5.69 Å². The number of aromatic nitrogens is 2. The molecule has 144 valence electrons. The molecule has 0 aliphatic carbocycles. The third-order valence-corrected chi connectivity index (χ3v) is 4.37. The first-order chi connectivity index (χ1) is 13.4. The maximum atomic E-state index is 12.5. The van der Waals surface area contributed by atoms with Crippen LogP contribution < -0.4 is 21.2 Å². The molecule has 1 N–H and O–H groups in total. The molecule has 7 nitrogen and oxygen atoms in total. The quantitative estimate of drug-likeness (QED) is 0.690. The summed E-state index contributed by atoms with van der Waals surface area (Å²) < 4.78 is 7.47. The van der Waals surface area contributed by atoms with E-state index >= 15 is 0 Å². The number of aryl methyl sites for hydroxylation is 2. The second-order valence-electron chi connectivity index (χ2n) is 6.47. The molecular weight excluding hydrogens is 358 g/mol. The molecule has 0 saturated heterocycles. The van der Waals surface area contributed by atoms with Gasteiger partial charge in [-0.25, -0.2) is 0 Å². The maximum Gasteiger partial charge on any atom is 0.320 e. The molecule has 0 aliphatic rings. The lowest BCUT2D eigenvalue weighted by atomic mass is 10.1. The lowest BCUT2D eigenvalue weighted by Crippen LogP contribution is -2.41. The van der Waals surface area contributed by atoms with Gasteiger partial charge in [0.25, 0.3) is 0 Å². The fourth-order valence-corrected chi connectivity index (χ4v) is 2.81. The number of ether oxygens (including phenoxy) is 1. The van der Waals surface area contributed by atoms with Crippen molar-refractivity contribution in [2.75, 3.05) is 12.4 Å². The topological polar surface area (TPSA) is 82.3 Å². The van der Waals surface area contributed by atoms with E-state index in [-0.39, 0.29) is 12.5 Å². The number of carbonyl (C=O) groups excluding carboxylic acids is 1. The van der Waals surface area contributed by atoms with Crippen molar-refractivity contribution < 1.29 is 9.53 Å². The Labute approximate surface area is 161 Å². The smallest absolute Gasteiger partial charge is 0.320 e. The zero-order valence-electron chi connectivity index (χ0n) is 15.9. The van der Waals surface area contributed by atoms with Crippen LogP contribution in [-0.4, -0.2) is 22.2 Å². The van der Waals surface area contributed by atoms with Crippen molar-refractivity contribution in [2.45, 2.75) is 20.4 Å². The van der Waals surface area contributed by atoms with Crippen LogP contribution in [0.5, 0.6) is 5.75 Å². The largest absolute Gasteiger partial charge is 0.497 e. The van der Waals surface area contributed by atoms with Crippen molar-refractivity contribution in [3.05, 3.63) is 86.7 Å². The molecule has 0 radical (unpaired) electrons. The van der Waals surface area contributed by atoms with E-state index in [1.165, 1.54) is 24.1 Å². The molecule has 0 saturated carbocycles. The Hall–Kier alpha value is -3.61. The molecule has 1 aromatic heterocycles. The normalized spacial score (nSPS) is 10.5. The first-order valence-corrected chi connectivity index (χ1v) is 8.72. The number of benzene rings is 2. The fourth-order valence-electron chi connectivity index (χ4n) is 2.81. The van der Waals surface area contributed by atoms with Gasteiger partial charge in [-0.2, -0.15) is 0 Å². The first-order valence-electron chi connectivity index (χ1n) is 8.72. The molecule has 28 heavy (non-hydrogen) atoms. The highest BCUT2D eigenvalue weighted by molar-refractivity contribution is 5.91. The number of carbonyl (C=O) groups is 1. The molecule has 1 heterocycles. The Morgan fingerprint density at radius 2 is 1.82 bits per heavy atom. The van der Waals surface area contributed by atoms with Crippen LogP contribution in [0.3, 0.4) is 0 Å². The summed E-state index contributed by atoms with van der Waals surface area (Å²) in [7, 11) is 1.52. The highest BCUT2D eigenvalue weighted by atomic mass is 16.5. The van der Waals surface area contributed by atoms with Crippen LogP contribution in [0.25, 0.3) is 5.69 Å². The molecule has 3 aromatic rings. The summed E-state index contributed by atoms with van der Waals surface area (Å²) in [6.07, 6.45) is 2.88. The second-order valence-corrected chi connectivity index (χ2v) is 6.47. The second kappa shape index (κ2) is 7.96. The van der Waals surface area contributed by atoms with Gasteiger partial charge in [0.05, 0.1) is 12.8 Å². The summed E-state index contributed by atoms with van der Waals surface area (Å²) in [5.41, 5.74) is 1.60. The minimum absolute atomic E-state index is 0.250. The van der Waals surface area contributed by atoms with Crippen LogP contribution in [0.15, 0.2) is 64.4 Å². The number of amides is 1. The average molecular weight is 379 g/mol. The Morgan fingerprint density at radius 3 is 2.57 bits per heavy atom. The van der Waals surface area contributed by atoms with Gasteiger partial charge in [-0.15, -0.1) is 0 Å². The highest BCUT2D eigenvalue weighted by Crippen LogP contribution is 2.16. The molecule has 0 spiro atoms. The molecule has 0 bridgehead atoms. The van der Waals surface area contributed by atoms with E-state index in [1.54, 1.807) is 24.3 Å². The Morgan fingerprint density at radius 1 is 1.04 bits per heavy atom. The lowest BCUT2D eigenvalue weighted by Gasteiger charge is -2.12. The molecule has 0 unspecified atom stereocenters. The van der Waals surface area contributed by atoms with Gasteiger partial charge in [0.2, 0.25) is 5.91 Å². The van der Waals surface area contributed by atoms with E-state index in [0.717, 1.165) is 15.7 Å². The van der Waals surface area contributed by atoms with Gasteiger partial charge >= 0.3 is 11.1 Å². The van der Waals surface area contributed by atoms with Gasteiger partial charge in [0.1, 0.15) is 12.3 Å². The zero-order valence-corrected chi connectivity index (χ0v) is 15.9. The molecule has 2 aromatic carbocycles. The zero-order chi connectivity index (χ0) is 20.3. The summed E-state index contributed by atoms with van der Waals surface area (Å²) >= 11 is 0. The van der Waals surface area contributed by atoms with E-state index in [2.05, 4.69) is 5.32 Å². The van der Waals surface area contributed by atoms with Gasteiger partial charge in [-0.1, -0.05) is 18.2 Å². The fraction of sp³-hybridized carbons (Fsp3) is 0.190. The SMILES string of the molecule is COc1cccc(-n2ccn(CC(=O)Nc3cc(C)ccc3C)c(=O)c2=O)c1. The summed E-state index contributed by atoms with van der Waals surface area (Å²) in [6, 6.07) is 12.5. The predicted molar refractivity (Wildman–Crippen MR) is 107 cm³/mol. The predicted octanol–water partition coefficient (Wildman–Crippen LogP) is 2.26. The van der Waals surface area contributed by atoms with Crippen LogP contribution in [0.1, 0.15) is 11.1 Å². The van der Waals surface area contributed by atoms with Gasteiger partial charge < -0.3 is 10.1 Å². The van der Waals surface area contributed by atoms with E-state index in [1.807, 2.05) is 32.0 Å². The van der Waals surface area contributed by atoms with Crippen molar-refractivity contribution in [1.29, 1.82) is 0 Å². The minimum Gasteiger partial charge on any atom is -0.497 e. The minimum atomic E-state index is -0.776. The molecule has 1 amide bonds. The van der Waals surface area contributed by atoms with Gasteiger partial charge in [-0.05, 0) is 43.2 Å². The highest BCUT2D eigenvalue weighted by Gasteiger charge is 2.11. The number of methoxy groups -OCH3 is 1. The van der Waals surface area contributed by atoms with E-state index in [0.29, 0.717) is 17.1 Å². The number of nitrogens with zero attached hydrogens (tertiary/aromatic N) is 2. The Bertz CT molecular complexity index is 1140. The van der Waals surface area contributed by atoms with Crippen molar-refractivity contribution in [1.82, 2.24) is 9.13 Å². The summed E-state index contributed by atoms with van der Waals surface area (Å²) in [5, 5.41) is 2.78. The van der Waals surface area contributed by atoms with Crippen LogP contribution >= 0.6 is 0 Å². The Balaban J connectivity index is 1.85. The number of anilines is 1. The molecule has 0 aliphatic heterocycles. The number of hydrogen-bond acceptors (Lipinski definition) is 4. The van der Waals surface area contributed by atoms with Gasteiger partial charge in [0.15, 0.2) is 0 Å². The van der Waals surface area contributed by atoms with Crippen LogP contribution in [0, 0.1) is 13.8 Å². The van der Waals surface area contributed by atoms with E-state index < -0.39 is 11.1 Å². The maximum absolute atomic E-state index is 12.5. The number of nitrogens with one attached hydrogen (secondary N) is 1. The molecule has 0 atom stereocenters. The molecule has 7 heteroatoms. The van der Waals surface area contributed by atoms with Crippen molar-refractivity contribution in [2.24, 2.45) is 0 Å². The van der Waals surface area contributed by atoms with Crippen molar-refractivity contribution >= 4 is 11.6 Å². The van der Waals surface area contributed by atoms with Crippen LogP contribution in [0.2, 0.25) is 0 Å². The molecular formula is C21H21N3O4. The summed E-state index contributed by atoms with van der Waals surface area (Å²) in [5.74, 6) is 0.191. The number of hydrogen-bond donors (Lipinski definition) is 1. The third-order valence-electron chi connectivity index (χ3n) is 4.37. The first kappa shape index (κ1) is 19.2. The van der Waals surface area contributed by atoms with Crippen molar-refractivity contribution in [3.8, 4) is 11.4 Å². The van der Waals surface area contributed by atoms with Crippen molar-refractivity contribution in [3.63, 3.8) is 0 Å². The number of rotatable bonds is 5. The Kier molecular flexibility index (Phi) is 5.44. The molecule has 0 fully saturated rings. The monoisotopic (exact) mass is 379 g/mol. The standard InChI is InChI=1S/C21H21N3O4/c1-14-7-8-15(2)18(11-14)22-19(25)13-23-9-10-24(21(27)20(23)26)16-5-4-6-17(12-16)28-3/h4-12H,13H2,1-3H3,(H,22,25). The van der Waals surface area contributed by atoms with E-state index in [9.17, 15) is 14.4 Å². The average Bonchev–Trinajstić information content (AvgIpc) is 2.68. The third kappa shape index (κ3) is 4.03.